The first-order valence-electron chi connectivity index (χ1n) is 22.0. The number of ether oxygens (including phenoxy) is 1. The molecule has 3 heterocycles. The molecule has 2 aromatic heterocycles. The quantitative estimate of drug-likeness (QED) is 0.149. The molecule has 63 heavy (non-hydrogen) atoms. The Morgan fingerprint density at radius 3 is 1.78 bits per heavy atom. The van der Waals surface area contributed by atoms with Gasteiger partial charge in [-0.1, -0.05) is 157 Å². The SMILES string of the molecule is CC(C)(C)c1cc(Oc2[c-]c3c(cc2)c2ccccc2n3-c2cc(C(C)(C)C)ccn2)[c-]c(N2C=C(C(C)(C)c3ccccc3)N(c3cc(C(C)(C)C)cc(C(C)(C)C)c3)[CH-]2)c1.[Pt]. The minimum absolute atomic E-state index is 0. The number of pyridine rings is 1. The summed E-state index contributed by atoms with van der Waals surface area (Å²) in [5, 5.41) is 2.24. The van der Waals surface area contributed by atoms with E-state index in [4.69, 9.17) is 9.72 Å². The molecule has 0 saturated heterocycles. The van der Waals surface area contributed by atoms with Crippen LogP contribution in [0.15, 0.2) is 127 Å². The largest absolute Gasteiger partial charge is 0.509 e. The van der Waals surface area contributed by atoms with Crippen LogP contribution in [0.1, 0.15) is 125 Å². The van der Waals surface area contributed by atoms with Gasteiger partial charge in [0, 0.05) is 61.1 Å². The first-order chi connectivity index (χ1) is 29.0. The maximum absolute atomic E-state index is 6.85. The van der Waals surface area contributed by atoms with Crippen LogP contribution in [0, 0.1) is 18.8 Å². The predicted octanol–water partition coefficient (Wildman–Crippen LogP) is 15.0. The van der Waals surface area contributed by atoms with Gasteiger partial charge in [-0.3, -0.25) is 0 Å². The Balaban J connectivity index is 0.00000595. The number of para-hydroxylation sites is 1. The second-order valence-corrected chi connectivity index (χ2v) is 21.7. The van der Waals surface area contributed by atoms with Crippen LogP contribution < -0.4 is 14.5 Å². The zero-order valence-corrected chi connectivity index (χ0v) is 41.9. The van der Waals surface area contributed by atoms with Gasteiger partial charge in [0.25, 0.3) is 0 Å². The normalized spacial score (nSPS) is 14.0. The number of aromatic nitrogens is 2. The molecular weight excluding hydrogens is 952 g/mol. The first kappa shape index (κ1) is 45.9. The number of hydrogen-bond acceptors (Lipinski definition) is 4. The average molecular weight is 1020 g/mol. The fraction of sp³-hybridized carbons (Fsp3) is 0.333. The molecule has 0 bridgehead atoms. The summed E-state index contributed by atoms with van der Waals surface area (Å²) < 4.78 is 9.06. The first-order valence-corrected chi connectivity index (χ1v) is 22.0. The minimum Gasteiger partial charge on any atom is -0.509 e. The third-order valence-corrected chi connectivity index (χ3v) is 12.4. The van der Waals surface area contributed by atoms with Crippen LogP contribution in [0.3, 0.4) is 0 Å². The van der Waals surface area contributed by atoms with Crippen molar-refractivity contribution < 1.29 is 25.8 Å². The summed E-state index contributed by atoms with van der Waals surface area (Å²) in [5.41, 5.74) is 10.9. The molecule has 0 amide bonds. The van der Waals surface area contributed by atoms with Gasteiger partial charge in [0.2, 0.25) is 0 Å². The van der Waals surface area contributed by atoms with Crippen molar-refractivity contribution in [2.75, 3.05) is 9.80 Å². The second kappa shape index (κ2) is 16.5. The monoisotopic (exact) mass is 1010 g/mol. The van der Waals surface area contributed by atoms with Gasteiger partial charge in [0.05, 0.1) is 0 Å². The zero-order chi connectivity index (χ0) is 44.6. The van der Waals surface area contributed by atoms with Crippen molar-refractivity contribution >= 4 is 33.2 Å². The summed E-state index contributed by atoms with van der Waals surface area (Å²) in [7, 11) is 0. The third-order valence-electron chi connectivity index (χ3n) is 12.4. The van der Waals surface area contributed by atoms with E-state index >= 15 is 0 Å². The molecule has 0 saturated carbocycles. The van der Waals surface area contributed by atoms with Gasteiger partial charge in [0.1, 0.15) is 5.82 Å². The topological polar surface area (TPSA) is 33.5 Å². The summed E-state index contributed by atoms with van der Waals surface area (Å²) in [4.78, 5) is 9.50. The van der Waals surface area contributed by atoms with Crippen molar-refractivity contribution in [3.05, 3.63) is 174 Å². The number of benzene rings is 5. The number of nitrogens with zero attached hydrogens (tertiary/aromatic N) is 4. The van der Waals surface area contributed by atoms with E-state index in [0.29, 0.717) is 11.5 Å². The Kier molecular flexibility index (Phi) is 12.0. The van der Waals surface area contributed by atoms with Crippen molar-refractivity contribution in [2.24, 2.45) is 0 Å². The fourth-order valence-electron chi connectivity index (χ4n) is 8.29. The predicted molar refractivity (Wildman–Crippen MR) is 261 cm³/mol. The summed E-state index contributed by atoms with van der Waals surface area (Å²) in [5.74, 6) is 2.11. The number of hydrogen-bond donors (Lipinski definition) is 0. The van der Waals surface area contributed by atoms with Crippen LogP contribution in [0.2, 0.25) is 0 Å². The van der Waals surface area contributed by atoms with E-state index in [2.05, 4.69) is 239 Å². The number of fused-ring (bicyclic) bond motifs is 3. The van der Waals surface area contributed by atoms with Gasteiger partial charge >= 0.3 is 0 Å². The molecule has 0 atom stereocenters. The van der Waals surface area contributed by atoms with Gasteiger partial charge in [-0.15, -0.1) is 53.6 Å². The molecule has 5 nitrogen and oxygen atoms in total. The van der Waals surface area contributed by atoms with E-state index in [1.165, 1.54) is 28.0 Å². The van der Waals surface area contributed by atoms with E-state index in [1.54, 1.807) is 0 Å². The molecule has 8 rings (SSSR count). The molecule has 1 aliphatic rings. The average Bonchev–Trinajstić information content (AvgIpc) is 3.81. The van der Waals surface area contributed by atoms with Crippen molar-refractivity contribution in [3.63, 3.8) is 0 Å². The van der Waals surface area contributed by atoms with E-state index in [1.807, 2.05) is 12.3 Å². The maximum atomic E-state index is 6.85. The molecule has 7 aromatic rings. The van der Waals surface area contributed by atoms with E-state index in [9.17, 15) is 0 Å². The molecule has 330 valence electrons. The second-order valence-electron chi connectivity index (χ2n) is 21.7. The molecule has 0 radical (unpaired) electrons. The molecule has 1 aliphatic heterocycles. The van der Waals surface area contributed by atoms with Crippen LogP contribution in [-0.2, 0) is 48.1 Å². The Morgan fingerprint density at radius 1 is 0.540 bits per heavy atom. The Hall–Kier alpha value is -5.12. The number of allylic oxidation sites excluding steroid dienone is 1. The number of rotatable bonds is 7. The van der Waals surface area contributed by atoms with Crippen LogP contribution in [0.5, 0.6) is 11.5 Å². The van der Waals surface area contributed by atoms with Gasteiger partial charge in [-0.05, 0) is 85.8 Å². The molecule has 0 spiro atoms. The summed E-state index contributed by atoms with van der Waals surface area (Å²) >= 11 is 0. The van der Waals surface area contributed by atoms with Crippen molar-refractivity contribution in [2.45, 2.75) is 124 Å². The molecule has 0 unspecified atom stereocenters. The van der Waals surface area contributed by atoms with Gasteiger partial charge in [-0.25, -0.2) is 4.98 Å². The molecular formula is C57H63N4OPt-3. The summed E-state index contributed by atoms with van der Waals surface area (Å²) in [6.45, 7) is 34.1. The van der Waals surface area contributed by atoms with Crippen molar-refractivity contribution in [1.82, 2.24) is 9.55 Å². The molecule has 0 N–H and O–H groups in total. The van der Waals surface area contributed by atoms with Crippen LogP contribution in [-0.4, -0.2) is 9.55 Å². The third kappa shape index (κ3) is 9.14. The van der Waals surface area contributed by atoms with Crippen molar-refractivity contribution in [3.8, 4) is 17.3 Å². The Labute approximate surface area is 391 Å². The molecule has 0 fully saturated rings. The molecule has 0 aliphatic carbocycles. The van der Waals surface area contributed by atoms with Gasteiger partial charge < -0.3 is 19.1 Å². The van der Waals surface area contributed by atoms with E-state index < -0.39 is 0 Å². The minimum atomic E-state index is -0.336. The summed E-state index contributed by atoms with van der Waals surface area (Å²) in [6.07, 6.45) is 4.19. The number of anilines is 2. The smallest absolute Gasteiger partial charge is 0.135 e. The van der Waals surface area contributed by atoms with Crippen LogP contribution >= 0.6 is 0 Å². The zero-order valence-electron chi connectivity index (χ0n) is 39.6. The standard InChI is InChI=1S/C57H63N4O.Pt/c1-53(2,3)39-26-27-58-52(33-39)61-49-23-19-18-22-47(49)48-25-24-45(35-50(48)61)62-46-32-42(56(10,11)12)29-43(34-46)59-36-51(57(13,14)38-20-16-15-17-21-38)60(37-59)44-30-40(54(4,5)6)28-41(31-44)55(7,8)9;/h15-33,36-37H,1-14H3;/q-3;. The Bertz CT molecular complexity index is 2790. The molecule has 5 aromatic carbocycles. The Morgan fingerprint density at radius 2 is 1.14 bits per heavy atom. The van der Waals surface area contributed by atoms with Gasteiger partial charge in [0.15, 0.2) is 0 Å². The fourth-order valence-corrected chi connectivity index (χ4v) is 8.29. The van der Waals surface area contributed by atoms with Crippen LogP contribution in [0.4, 0.5) is 11.4 Å². The maximum Gasteiger partial charge on any atom is 0.135 e. The van der Waals surface area contributed by atoms with E-state index in [-0.39, 0.29) is 48.1 Å². The van der Waals surface area contributed by atoms with Crippen LogP contribution in [0.25, 0.3) is 27.6 Å². The molecule has 6 heteroatoms. The van der Waals surface area contributed by atoms with Crippen molar-refractivity contribution in [1.29, 1.82) is 0 Å². The summed E-state index contributed by atoms with van der Waals surface area (Å²) in [6, 6.07) is 46.7. The van der Waals surface area contributed by atoms with Gasteiger partial charge in [-0.2, -0.15) is 6.07 Å². The van der Waals surface area contributed by atoms with E-state index in [0.717, 1.165) is 44.6 Å².